The summed E-state index contributed by atoms with van der Waals surface area (Å²) in [5, 5.41) is 1.34. The molecule has 1 aliphatic rings. The van der Waals surface area contributed by atoms with Gasteiger partial charge in [-0.2, -0.15) is 0 Å². The zero-order valence-corrected chi connectivity index (χ0v) is 16.9. The Labute approximate surface area is 168 Å². The summed E-state index contributed by atoms with van der Waals surface area (Å²) in [6.45, 7) is 7.16. The predicted octanol–water partition coefficient (Wildman–Crippen LogP) is 2.75. The Balaban J connectivity index is 1.43. The van der Waals surface area contributed by atoms with Crippen LogP contribution >= 0.6 is 23.2 Å². The van der Waals surface area contributed by atoms with Crippen molar-refractivity contribution < 1.29 is 0 Å². The predicted molar refractivity (Wildman–Crippen MR) is 110 cm³/mol. The van der Waals surface area contributed by atoms with Gasteiger partial charge in [-0.25, -0.2) is 4.79 Å². The summed E-state index contributed by atoms with van der Waals surface area (Å²) in [4.78, 5) is 30.2. The van der Waals surface area contributed by atoms with Crippen molar-refractivity contribution in [1.82, 2.24) is 14.5 Å². The highest BCUT2D eigenvalue weighted by atomic mass is 35.5. The van der Waals surface area contributed by atoms with Gasteiger partial charge in [0.25, 0.3) is 5.56 Å². The van der Waals surface area contributed by atoms with Gasteiger partial charge in [0.2, 0.25) is 0 Å². The molecule has 0 spiro atoms. The first-order chi connectivity index (χ1) is 12.9. The van der Waals surface area contributed by atoms with Crippen LogP contribution in [-0.2, 0) is 6.54 Å². The number of nitrogens with zero attached hydrogens (tertiary/aromatic N) is 3. The van der Waals surface area contributed by atoms with Gasteiger partial charge < -0.3 is 9.47 Å². The Bertz CT molecular complexity index is 901. The average Bonchev–Trinajstić information content (AvgIpc) is 2.63. The number of aromatic amines is 1. The summed E-state index contributed by atoms with van der Waals surface area (Å²) in [5.74, 6) is 0. The van der Waals surface area contributed by atoms with Crippen molar-refractivity contribution in [3.05, 3.63) is 60.8 Å². The third-order valence-electron chi connectivity index (χ3n) is 4.94. The lowest BCUT2D eigenvalue weighted by atomic mass is 10.2. The number of H-pyrrole nitrogens is 1. The van der Waals surface area contributed by atoms with Crippen LogP contribution in [0.2, 0.25) is 10.0 Å². The van der Waals surface area contributed by atoms with Gasteiger partial charge in [0, 0.05) is 49.5 Å². The molecule has 1 aromatic heterocycles. The van der Waals surface area contributed by atoms with E-state index in [0.717, 1.165) is 51.3 Å². The van der Waals surface area contributed by atoms with Gasteiger partial charge in [-0.1, -0.05) is 23.2 Å². The second-order valence-electron chi connectivity index (χ2n) is 6.90. The summed E-state index contributed by atoms with van der Waals surface area (Å²) in [6.07, 6.45) is 3.54. The first kappa shape index (κ1) is 20.0. The van der Waals surface area contributed by atoms with Crippen LogP contribution in [0.4, 0.5) is 5.69 Å². The van der Waals surface area contributed by atoms with E-state index in [2.05, 4.69) is 14.8 Å². The Morgan fingerprint density at radius 1 is 1.04 bits per heavy atom. The van der Waals surface area contributed by atoms with Crippen molar-refractivity contribution in [2.45, 2.75) is 26.3 Å². The minimum atomic E-state index is -0.334. The molecule has 1 N–H and O–H groups in total. The molecule has 0 bridgehead atoms. The number of rotatable bonds is 6. The third-order valence-corrected chi connectivity index (χ3v) is 5.47. The van der Waals surface area contributed by atoms with Crippen LogP contribution in [0.15, 0.2) is 34.0 Å². The van der Waals surface area contributed by atoms with E-state index in [9.17, 15) is 9.59 Å². The van der Waals surface area contributed by atoms with Crippen molar-refractivity contribution >= 4 is 28.9 Å². The van der Waals surface area contributed by atoms with Crippen molar-refractivity contribution in [1.29, 1.82) is 0 Å². The Morgan fingerprint density at radius 3 is 2.44 bits per heavy atom. The molecular weight excluding hydrogens is 387 g/mol. The van der Waals surface area contributed by atoms with Crippen LogP contribution in [0, 0.1) is 6.92 Å². The van der Waals surface area contributed by atoms with Crippen molar-refractivity contribution in [3.8, 4) is 0 Å². The highest BCUT2D eigenvalue weighted by molar-refractivity contribution is 6.36. The molecule has 0 atom stereocenters. The number of unbranched alkanes of at least 4 members (excludes halogenated alkanes) is 1. The van der Waals surface area contributed by atoms with Crippen LogP contribution in [0.25, 0.3) is 0 Å². The second kappa shape index (κ2) is 8.95. The number of hydrogen-bond donors (Lipinski definition) is 1. The lowest BCUT2D eigenvalue weighted by molar-refractivity contribution is 0.251. The van der Waals surface area contributed by atoms with E-state index in [1.54, 1.807) is 23.8 Å². The highest BCUT2D eigenvalue weighted by Gasteiger charge is 2.18. The monoisotopic (exact) mass is 410 g/mol. The molecule has 0 unspecified atom stereocenters. The number of aromatic nitrogens is 2. The van der Waals surface area contributed by atoms with Gasteiger partial charge in [0.1, 0.15) is 0 Å². The zero-order chi connectivity index (χ0) is 19.4. The van der Waals surface area contributed by atoms with Gasteiger partial charge in [-0.05, 0) is 44.5 Å². The molecule has 1 aromatic carbocycles. The fourth-order valence-corrected chi connectivity index (χ4v) is 3.88. The molecule has 8 heteroatoms. The quantitative estimate of drug-likeness (QED) is 0.743. The van der Waals surface area contributed by atoms with E-state index >= 15 is 0 Å². The summed E-state index contributed by atoms with van der Waals surface area (Å²) in [6, 6.07) is 5.63. The second-order valence-corrected chi connectivity index (χ2v) is 7.74. The molecule has 0 saturated carbocycles. The smallest absolute Gasteiger partial charge is 0.328 e. The maximum absolute atomic E-state index is 11.8. The number of halogens is 2. The molecule has 0 aliphatic carbocycles. The Hall–Kier alpha value is -1.76. The topological polar surface area (TPSA) is 61.3 Å². The minimum Gasteiger partial charge on any atom is -0.368 e. The number of anilines is 1. The maximum atomic E-state index is 11.8. The van der Waals surface area contributed by atoms with Crippen LogP contribution in [0.5, 0.6) is 0 Å². The Kier molecular flexibility index (Phi) is 6.63. The molecule has 2 heterocycles. The van der Waals surface area contributed by atoms with Gasteiger partial charge >= 0.3 is 5.69 Å². The fraction of sp³-hybridized carbons (Fsp3) is 0.474. The molecular formula is C19H24Cl2N4O2. The number of piperazine rings is 1. The summed E-state index contributed by atoms with van der Waals surface area (Å²) < 4.78 is 1.58. The summed E-state index contributed by atoms with van der Waals surface area (Å²) in [7, 11) is 0. The molecule has 27 heavy (non-hydrogen) atoms. The standard InChI is InChI=1S/C19H24Cl2N4O2/c1-14-13-25(19(27)22-18(14)26)7-3-2-6-23-8-10-24(11-9-23)17-5-4-15(20)12-16(17)21/h4-5,12-13H,2-3,6-11H2,1H3,(H,22,26,27). The van der Waals surface area contributed by atoms with E-state index in [-0.39, 0.29) is 11.2 Å². The van der Waals surface area contributed by atoms with E-state index < -0.39 is 0 Å². The van der Waals surface area contributed by atoms with Gasteiger partial charge in [-0.3, -0.25) is 14.7 Å². The number of hydrogen-bond acceptors (Lipinski definition) is 4. The number of nitrogens with one attached hydrogen (secondary N) is 1. The molecule has 0 amide bonds. The third kappa shape index (κ3) is 5.15. The van der Waals surface area contributed by atoms with Crippen molar-refractivity contribution in [2.24, 2.45) is 0 Å². The summed E-state index contributed by atoms with van der Waals surface area (Å²) in [5.41, 5.74) is 0.953. The molecule has 0 radical (unpaired) electrons. The van der Waals surface area contributed by atoms with E-state index in [1.165, 1.54) is 0 Å². The molecule has 1 fully saturated rings. The molecule has 6 nitrogen and oxygen atoms in total. The summed E-state index contributed by atoms with van der Waals surface area (Å²) >= 11 is 12.3. The molecule has 2 aromatic rings. The number of benzene rings is 1. The fourth-order valence-electron chi connectivity index (χ4n) is 3.35. The van der Waals surface area contributed by atoms with Crippen LogP contribution in [-0.4, -0.2) is 47.2 Å². The SMILES string of the molecule is Cc1cn(CCCCN2CCN(c3ccc(Cl)cc3Cl)CC2)c(=O)[nH]c1=O. The van der Waals surface area contributed by atoms with Crippen LogP contribution < -0.4 is 16.1 Å². The first-order valence-corrected chi connectivity index (χ1v) is 9.92. The molecule has 1 aliphatic heterocycles. The van der Waals surface area contributed by atoms with Crippen LogP contribution in [0.1, 0.15) is 18.4 Å². The molecule has 3 rings (SSSR count). The molecule has 1 saturated heterocycles. The van der Waals surface area contributed by atoms with E-state index in [1.807, 2.05) is 12.1 Å². The van der Waals surface area contributed by atoms with Crippen LogP contribution in [0.3, 0.4) is 0 Å². The lowest BCUT2D eigenvalue weighted by Gasteiger charge is -2.36. The normalized spacial score (nSPS) is 15.3. The van der Waals surface area contributed by atoms with Crippen molar-refractivity contribution in [3.63, 3.8) is 0 Å². The Morgan fingerprint density at radius 2 is 1.74 bits per heavy atom. The minimum absolute atomic E-state index is 0.310. The highest BCUT2D eigenvalue weighted by Crippen LogP contribution is 2.29. The first-order valence-electron chi connectivity index (χ1n) is 9.17. The zero-order valence-electron chi connectivity index (χ0n) is 15.4. The maximum Gasteiger partial charge on any atom is 0.328 e. The lowest BCUT2D eigenvalue weighted by Crippen LogP contribution is -2.46. The van der Waals surface area contributed by atoms with Gasteiger partial charge in [-0.15, -0.1) is 0 Å². The van der Waals surface area contributed by atoms with Crippen molar-refractivity contribution in [2.75, 3.05) is 37.6 Å². The number of aryl methyl sites for hydroxylation is 2. The van der Waals surface area contributed by atoms with E-state index in [4.69, 9.17) is 23.2 Å². The van der Waals surface area contributed by atoms with Gasteiger partial charge in [0.05, 0.1) is 10.7 Å². The molecule has 146 valence electrons. The largest absolute Gasteiger partial charge is 0.368 e. The van der Waals surface area contributed by atoms with E-state index in [0.29, 0.717) is 22.2 Å². The van der Waals surface area contributed by atoms with Gasteiger partial charge in [0.15, 0.2) is 0 Å². The average molecular weight is 411 g/mol.